The van der Waals surface area contributed by atoms with Crippen molar-refractivity contribution in [3.05, 3.63) is 34.6 Å². The van der Waals surface area contributed by atoms with Gasteiger partial charge in [-0.2, -0.15) is 0 Å². The quantitative estimate of drug-likeness (QED) is 0.797. The molecule has 0 spiro atoms. The highest BCUT2D eigenvalue weighted by Gasteiger charge is 2.29. The molecule has 0 aromatic heterocycles. The van der Waals surface area contributed by atoms with Crippen molar-refractivity contribution in [1.82, 2.24) is 4.90 Å². The average Bonchev–Trinajstić information content (AvgIpc) is 2.54. The van der Waals surface area contributed by atoms with E-state index in [1.807, 2.05) is 6.92 Å². The largest absolute Gasteiger partial charge is 0.465 e. The van der Waals surface area contributed by atoms with E-state index >= 15 is 0 Å². The number of piperidine rings is 1. The summed E-state index contributed by atoms with van der Waals surface area (Å²) in [5.41, 5.74) is -0.0282. The lowest BCUT2D eigenvalue weighted by Gasteiger charge is -2.31. The Balaban J connectivity index is 1.95. The van der Waals surface area contributed by atoms with Gasteiger partial charge in [0.25, 0.3) is 5.91 Å². The third-order valence-electron chi connectivity index (χ3n) is 3.75. The zero-order valence-corrected chi connectivity index (χ0v) is 13.2. The summed E-state index contributed by atoms with van der Waals surface area (Å²) in [6.07, 6.45) is 1.87. The zero-order chi connectivity index (χ0) is 16.1. The van der Waals surface area contributed by atoms with Gasteiger partial charge in [-0.15, -0.1) is 0 Å². The van der Waals surface area contributed by atoms with Crippen molar-refractivity contribution < 1.29 is 18.7 Å². The molecule has 4 nitrogen and oxygen atoms in total. The van der Waals surface area contributed by atoms with Gasteiger partial charge in [-0.3, -0.25) is 9.59 Å². The van der Waals surface area contributed by atoms with Crippen molar-refractivity contribution >= 4 is 23.5 Å². The second-order valence-corrected chi connectivity index (χ2v) is 5.74. The number of carbonyl (C=O) groups is 2. The number of nitrogens with zero attached hydrogens (tertiary/aromatic N) is 1. The minimum absolute atomic E-state index is 0.0282. The molecule has 1 fully saturated rings. The Kier molecular flexibility index (Phi) is 5.77. The molecule has 0 saturated carbocycles. The number of halogens is 2. The molecule has 6 heteroatoms. The number of likely N-dealkylation sites (tertiary alicyclic amines) is 1. The van der Waals surface area contributed by atoms with Gasteiger partial charge >= 0.3 is 5.97 Å². The summed E-state index contributed by atoms with van der Waals surface area (Å²) in [4.78, 5) is 25.7. The van der Waals surface area contributed by atoms with E-state index in [1.165, 1.54) is 12.1 Å². The van der Waals surface area contributed by atoms with Crippen LogP contribution >= 0.6 is 11.6 Å². The van der Waals surface area contributed by atoms with Gasteiger partial charge in [-0.1, -0.05) is 24.6 Å². The van der Waals surface area contributed by atoms with Gasteiger partial charge in [0, 0.05) is 13.1 Å². The van der Waals surface area contributed by atoms with Crippen molar-refractivity contribution in [2.45, 2.75) is 26.2 Å². The van der Waals surface area contributed by atoms with Crippen LogP contribution in [0.3, 0.4) is 0 Å². The number of hydrogen-bond donors (Lipinski definition) is 0. The number of amides is 1. The molecule has 22 heavy (non-hydrogen) atoms. The lowest BCUT2D eigenvalue weighted by molar-refractivity contribution is -0.150. The molecule has 120 valence electrons. The highest BCUT2D eigenvalue weighted by atomic mass is 35.5. The summed E-state index contributed by atoms with van der Waals surface area (Å²) < 4.78 is 19.0. The molecule has 1 aliphatic rings. The highest BCUT2D eigenvalue weighted by molar-refractivity contribution is 6.31. The van der Waals surface area contributed by atoms with Gasteiger partial charge in [0.15, 0.2) is 5.82 Å². The summed E-state index contributed by atoms with van der Waals surface area (Å²) in [7, 11) is 0. The molecule has 1 aliphatic heterocycles. The molecule has 0 N–H and O–H groups in total. The van der Waals surface area contributed by atoms with Crippen LogP contribution in [0.4, 0.5) is 4.39 Å². The van der Waals surface area contributed by atoms with Crippen LogP contribution in [0.5, 0.6) is 0 Å². The van der Waals surface area contributed by atoms with Crippen molar-refractivity contribution in [2.24, 2.45) is 5.92 Å². The first-order valence-electron chi connectivity index (χ1n) is 7.44. The fourth-order valence-corrected chi connectivity index (χ4v) is 2.65. The summed E-state index contributed by atoms with van der Waals surface area (Å²) in [6, 6.07) is 4.38. The molecule has 1 amide bonds. The highest BCUT2D eigenvalue weighted by Crippen LogP contribution is 2.23. The minimum Gasteiger partial charge on any atom is -0.465 e. The number of benzene rings is 1. The van der Waals surface area contributed by atoms with Crippen LogP contribution in [0.2, 0.25) is 5.02 Å². The van der Waals surface area contributed by atoms with Crippen molar-refractivity contribution in [3.8, 4) is 0 Å². The molecule has 1 aromatic rings. The van der Waals surface area contributed by atoms with E-state index < -0.39 is 5.82 Å². The minimum atomic E-state index is -0.696. The normalized spacial score (nSPS) is 15.7. The van der Waals surface area contributed by atoms with Gasteiger partial charge < -0.3 is 9.64 Å². The molecule has 0 unspecified atom stereocenters. The third kappa shape index (κ3) is 3.77. The van der Waals surface area contributed by atoms with Crippen molar-refractivity contribution in [1.29, 1.82) is 0 Å². The molecule has 0 bridgehead atoms. The number of ether oxygens (including phenoxy) is 1. The van der Waals surface area contributed by atoms with Crippen molar-refractivity contribution in [3.63, 3.8) is 0 Å². The van der Waals surface area contributed by atoms with Gasteiger partial charge in [-0.25, -0.2) is 4.39 Å². The fraction of sp³-hybridized carbons (Fsp3) is 0.500. The van der Waals surface area contributed by atoms with Crippen LogP contribution in [-0.2, 0) is 9.53 Å². The van der Waals surface area contributed by atoms with Crippen LogP contribution in [0.25, 0.3) is 0 Å². The fourth-order valence-electron chi connectivity index (χ4n) is 2.48. The summed E-state index contributed by atoms with van der Waals surface area (Å²) >= 11 is 5.70. The maximum atomic E-state index is 13.9. The first-order valence-corrected chi connectivity index (χ1v) is 7.82. The SMILES string of the molecule is CCCOC(=O)C1CCN(C(=O)c2cccc(Cl)c2F)CC1. The summed E-state index contributed by atoms with van der Waals surface area (Å²) in [5.74, 6) is -1.47. The Bertz CT molecular complexity index is 556. The molecular weight excluding hydrogens is 309 g/mol. The van der Waals surface area contributed by atoms with Gasteiger partial charge in [0.05, 0.1) is 23.1 Å². The lowest BCUT2D eigenvalue weighted by Crippen LogP contribution is -2.41. The van der Waals surface area contributed by atoms with E-state index in [9.17, 15) is 14.0 Å². The summed E-state index contributed by atoms with van der Waals surface area (Å²) in [5, 5.41) is -0.0659. The molecule has 1 heterocycles. The molecule has 0 aliphatic carbocycles. The van der Waals surface area contributed by atoms with Crippen molar-refractivity contribution in [2.75, 3.05) is 19.7 Å². The lowest BCUT2D eigenvalue weighted by atomic mass is 9.96. The molecule has 0 radical (unpaired) electrons. The van der Waals surface area contributed by atoms with Crippen LogP contribution in [0.15, 0.2) is 18.2 Å². The van der Waals surface area contributed by atoms with Gasteiger partial charge in [0.2, 0.25) is 0 Å². The van der Waals surface area contributed by atoms with E-state index in [2.05, 4.69) is 0 Å². The number of hydrogen-bond acceptors (Lipinski definition) is 3. The predicted octanol–water partition coefficient (Wildman–Crippen LogP) is 3.28. The van der Waals surface area contributed by atoms with Gasteiger partial charge in [0.1, 0.15) is 0 Å². The number of carbonyl (C=O) groups excluding carboxylic acids is 2. The predicted molar refractivity (Wildman–Crippen MR) is 81.3 cm³/mol. The first kappa shape index (κ1) is 16.7. The monoisotopic (exact) mass is 327 g/mol. The number of esters is 1. The van der Waals surface area contributed by atoms with Gasteiger partial charge in [-0.05, 0) is 31.4 Å². The molecule has 1 saturated heterocycles. The molecule has 2 rings (SSSR count). The Morgan fingerprint density at radius 2 is 2.05 bits per heavy atom. The van der Waals surface area contributed by atoms with E-state index in [0.29, 0.717) is 32.5 Å². The van der Waals surface area contributed by atoms with Crippen LogP contribution in [0, 0.1) is 11.7 Å². The Hall–Kier alpha value is -1.62. The third-order valence-corrected chi connectivity index (χ3v) is 4.04. The van der Waals surface area contributed by atoms with E-state index in [0.717, 1.165) is 6.42 Å². The second kappa shape index (κ2) is 7.58. The Morgan fingerprint density at radius 3 is 2.68 bits per heavy atom. The van der Waals surface area contributed by atoms with Crippen LogP contribution < -0.4 is 0 Å². The smallest absolute Gasteiger partial charge is 0.309 e. The van der Waals surface area contributed by atoms with E-state index in [1.54, 1.807) is 11.0 Å². The maximum Gasteiger partial charge on any atom is 0.309 e. The van der Waals surface area contributed by atoms with E-state index in [4.69, 9.17) is 16.3 Å². The second-order valence-electron chi connectivity index (χ2n) is 5.34. The molecule has 0 atom stereocenters. The zero-order valence-electron chi connectivity index (χ0n) is 12.5. The average molecular weight is 328 g/mol. The molecule has 1 aromatic carbocycles. The Morgan fingerprint density at radius 1 is 1.36 bits per heavy atom. The topological polar surface area (TPSA) is 46.6 Å². The number of rotatable bonds is 4. The maximum absolute atomic E-state index is 13.9. The summed E-state index contributed by atoms with van der Waals surface area (Å²) in [6.45, 7) is 3.19. The van der Waals surface area contributed by atoms with Crippen LogP contribution in [-0.4, -0.2) is 36.5 Å². The molecular formula is C16H19ClFNO3. The van der Waals surface area contributed by atoms with E-state index in [-0.39, 0.29) is 28.4 Å². The Labute approximate surface area is 134 Å². The standard InChI is InChI=1S/C16H19ClFNO3/c1-2-10-22-16(21)11-6-8-19(9-7-11)15(20)12-4-3-5-13(17)14(12)18/h3-5,11H,2,6-10H2,1H3. The first-order chi connectivity index (χ1) is 10.5. The van der Waals surface area contributed by atoms with Crippen LogP contribution in [0.1, 0.15) is 36.5 Å².